The van der Waals surface area contributed by atoms with E-state index in [1.807, 2.05) is 6.92 Å². The van der Waals surface area contributed by atoms with Crippen molar-refractivity contribution in [2.24, 2.45) is 5.92 Å². The number of hydrogen-bond acceptors (Lipinski definition) is 3. The van der Waals surface area contributed by atoms with Gasteiger partial charge in [-0.25, -0.2) is 0 Å². The van der Waals surface area contributed by atoms with Gasteiger partial charge in [0.1, 0.15) is 0 Å². The number of rotatable bonds is 3. The number of fused-ring (bicyclic) bond motifs is 1. The van der Waals surface area contributed by atoms with Crippen LogP contribution in [0.25, 0.3) is 17.1 Å². The van der Waals surface area contributed by atoms with Crippen LogP contribution >= 0.6 is 0 Å². The number of aromatic nitrogens is 3. The summed E-state index contributed by atoms with van der Waals surface area (Å²) in [7, 11) is 0. The molecule has 2 aromatic heterocycles. The van der Waals surface area contributed by atoms with Crippen LogP contribution in [0.5, 0.6) is 0 Å². The second-order valence-electron chi connectivity index (χ2n) is 4.57. The molecule has 0 aromatic carbocycles. The van der Waals surface area contributed by atoms with Crippen LogP contribution in [0, 0.1) is 12.8 Å². The number of pyridine rings is 1. The number of imidazole rings is 1. The Morgan fingerprint density at radius 2 is 2.22 bits per heavy atom. The summed E-state index contributed by atoms with van der Waals surface area (Å²) in [6, 6.07) is 0. The Hall–Kier alpha value is -1.91. The van der Waals surface area contributed by atoms with Crippen molar-refractivity contribution in [1.82, 2.24) is 14.7 Å². The third-order valence-electron chi connectivity index (χ3n) is 2.74. The third-order valence-corrected chi connectivity index (χ3v) is 2.74. The molecule has 18 heavy (non-hydrogen) atoms. The van der Waals surface area contributed by atoms with Gasteiger partial charge in [-0.2, -0.15) is 0 Å². The van der Waals surface area contributed by atoms with Gasteiger partial charge in [0, 0.05) is 0 Å². The van der Waals surface area contributed by atoms with Crippen LogP contribution in [0.15, 0.2) is 12.8 Å². The summed E-state index contributed by atoms with van der Waals surface area (Å²) in [6.07, 6.45) is 3.33. The van der Waals surface area contributed by atoms with Gasteiger partial charge in [0.15, 0.2) is 0 Å². The summed E-state index contributed by atoms with van der Waals surface area (Å²) in [5.41, 5.74) is 2.95. The first-order valence-electron chi connectivity index (χ1n) is 5.92. The average Bonchev–Trinajstić information content (AvgIpc) is 2.62. The van der Waals surface area contributed by atoms with Crippen molar-refractivity contribution in [3.63, 3.8) is 0 Å². The van der Waals surface area contributed by atoms with Crippen LogP contribution in [0.3, 0.4) is 0 Å². The summed E-state index contributed by atoms with van der Waals surface area (Å²) in [5, 5.41) is 10.0. The van der Waals surface area contributed by atoms with Gasteiger partial charge in [-0.1, -0.05) is 0 Å². The first-order valence-corrected chi connectivity index (χ1v) is 5.92. The molecule has 2 aromatic rings. The van der Waals surface area contributed by atoms with Crippen molar-refractivity contribution in [3.05, 3.63) is 24.3 Å². The van der Waals surface area contributed by atoms with Crippen molar-refractivity contribution in [1.29, 1.82) is 0 Å². The molecule has 5 heteroatoms. The summed E-state index contributed by atoms with van der Waals surface area (Å²) >= 11 is 0. The molecule has 0 saturated heterocycles. The molecule has 0 atom stereocenters. The molecule has 2 rings (SSSR count). The fraction of sp³-hybridized carbons (Fsp3) is 0.308. The van der Waals surface area contributed by atoms with Crippen LogP contribution < -0.4 is 5.46 Å². The first-order chi connectivity index (χ1) is 8.54. The van der Waals surface area contributed by atoms with E-state index in [2.05, 4.69) is 36.4 Å². The molecule has 1 N–H and O–H groups in total. The molecular formula is C13H16BN3O. The zero-order chi connectivity index (χ0) is 13.3. The van der Waals surface area contributed by atoms with Gasteiger partial charge in [-0.05, 0) is 0 Å². The molecule has 0 amide bonds. The zero-order valence-electron chi connectivity index (χ0n) is 10.9. The number of hydrogen-bond donors (Lipinski definition) is 1. The minimum atomic E-state index is 0.425. The quantitative estimate of drug-likeness (QED) is 0.652. The van der Waals surface area contributed by atoms with E-state index in [0.717, 1.165) is 15.9 Å². The van der Waals surface area contributed by atoms with Crippen molar-refractivity contribution < 1.29 is 5.21 Å². The van der Waals surface area contributed by atoms with E-state index in [1.165, 1.54) is 0 Å². The summed E-state index contributed by atoms with van der Waals surface area (Å²) < 4.78 is 1.10. The zero-order valence-corrected chi connectivity index (χ0v) is 10.9. The van der Waals surface area contributed by atoms with Gasteiger partial charge in [0.2, 0.25) is 0 Å². The van der Waals surface area contributed by atoms with E-state index in [1.54, 1.807) is 19.2 Å². The predicted molar refractivity (Wildman–Crippen MR) is 75.8 cm³/mol. The van der Waals surface area contributed by atoms with Crippen molar-refractivity contribution >= 4 is 35.5 Å². The molecule has 4 nitrogen and oxygen atoms in total. The molecule has 0 aliphatic rings. The molecular weight excluding hydrogens is 225 g/mol. The Bertz CT molecular complexity index is 629. The summed E-state index contributed by atoms with van der Waals surface area (Å²) in [6.45, 7) is 11.7. The second kappa shape index (κ2) is 4.76. The Kier molecular flexibility index (Phi) is 3.32. The average molecular weight is 241 g/mol. The Morgan fingerprint density at radius 3 is 2.83 bits per heavy atom. The molecule has 0 aliphatic heterocycles. The number of nitrogens with zero attached hydrogens (tertiary/aromatic N) is 3. The van der Waals surface area contributed by atoms with Crippen molar-refractivity contribution in [3.8, 4) is 0 Å². The molecule has 0 bridgehead atoms. The van der Waals surface area contributed by atoms with E-state index in [4.69, 9.17) is 0 Å². The van der Waals surface area contributed by atoms with Crippen molar-refractivity contribution in [2.45, 2.75) is 20.8 Å². The molecule has 0 radical (unpaired) electrons. The van der Waals surface area contributed by atoms with E-state index in [-0.39, 0.29) is 0 Å². The fourth-order valence-electron chi connectivity index (χ4n) is 1.82. The molecule has 0 saturated carbocycles. The maximum absolute atomic E-state index is 10.0. The van der Waals surface area contributed by atoms with Crippen LogP contribution in [0.2, 0.25) is 0 Å². The van der Waals surface area contributed by atoms with Gasteiger partial charge < -0.3 is 0 Å². The predicted octanol–water partition coefficient (Wildman–Crippen LogP) is 1.41. The van der Waals surface area contributed by atoms with E-state index >= 15 is 0 Å². The summed E-state index contributed by atoms with van der Waals surface area (Å²) in [4.78, 5) is 8.56. The van der Waals surface area contributed by atoms with Crippen LogP contribution in [-0.4, -0.2) is 32.8 Å². The topological polar surface area (TPSA) is 50.9 Å². The van der Waals surface area contributed by atoms with Gasteiger partial charge >= 0.3 is 106 Å². The van der Waals surface area contributed by atoms with Gasteiger partial charge in [0.25, 0.3) is 0 Å². The second-order valence-corrected chi connectivity index (χ2v) is 4.57. The van der Waals surface area contributed by atoms with Gasteiger partial charge in [0.05, 0.1) is 0 Å². The van der Waals surface area contributed by atoms with E-state index in [0.29, 0.717) is 22.8 Å². The Morgan fingerprint density at radius 1 is 1.50 bits per heavy atom. The van der Waals surface area contributed by atoms with E-state index < -0.39 is 0 Å². The van der Waals surface area contributed by atoms with Gasteiger partial charge in [-0.15, -0.1) is 0 Å². The molecule has 0 spiro atoms. The van der Waals surface area contributed by atoms with Crippen LogP contribution in [0.1, 0.15) is 25.4 Å². The summed E-state index contributed by atoms with van der Waals surface area (Å²) in [5.74, 6) is 3.03. The molecule has 0 unspecified atom stereocenters. The number of aryl methyl sites for hydroxylation is 1. The Labute approximate surface area is 107 Å². The first kappa shape index (κ1) is 12.5. The SMILES string of the molecule is C=Cc1ncc2nc(C)n(O)c2c1B=CC(C)C. The van der Waals surface area contributed by atoms with Crippen LogP contribution in [-0.2, 0) is 0 Å². The standard InChI is InChI=1S/C13H16BN3O/c1-5-10-12(14-6-8(2)3)13-11(7-15-10)16-9(4)17(13)18/h5-8,18H,1H2,2-4H3. The van der Waals surface area contributed by atoms with Crippen molar-refractivity contribution in [2.75, 3.05) is 0 Å². The van der Waals surface area contributed by atoms with E-state index in [9.17, 15) is 5.21 Å². The maximum atomic E-state index is 10.0. The third kappa shape index (κ3) is 2.08. The Balaban J connectivity index is 2.76. The molecule has 0 fully saturated rings. The molecule has 92 valence electrons. The van der Waals surface area contributed by atoms with Crippen LogP contribution in [0.4, 0.5) is 0 Å². The minimum absolute atomic E-state index is 0.425. The normalized spacial score (nSPS) is 11.3. The molecule has 2 heterocycles. The molecule has 0 aliphatic carbocycles. The fourth-order valence-corrected chi connectivity index (χ4v) is 1.82. The van der Waals surface area contributed by atoms with Gasteiger partial charge in [-0.3, -0.25) is 0 Å². The monoisotopic (exact) mass is 241 g/mol.